The zero-order chi connectivity index (χ0) is 12.8. The zero-order valence-electron chi connectivity index (χ0n) is 10.3. The second-order valence-electron chi connectivity index (χ2n) is 4.12. The number of rotatable bonds is 5. The van der Waals surface area contributed by atoms with Crippen LogP contribution in [0.2, 0.25) is 0 Å². The fourth-order valence-electron chi connectivity index (χ4n) is 1.39. The monoisotopic (exact) mass is 251 g/mol. The summed E-state index contributed by atoms with van der Waals surface area (Å²) in [6, 6.07) is 8.05. The van der Waals surface area contributed by atoms with Gasteiger partial charge < -0.3 is 4.90 Å². The molecule has 0 aliphatic rings. The molecule has 0 aromatic heterocycles. The van der Waals surface area contributed by atoms with Crippen LogP contribution < -0.4 is 0 Å². The Morgan fingerprint density at radius 1 is 1.35 bits per heavy atom. The molecule has 0 heterocycles. The van der Waals surface area contributed by atoms with E-state index in [1.54, 1.807) is 18.8 Å². The quantitative estimate of drug-likeness (QED) is 0.458. The largest absolute Gasteiger partial charge is 0.335 e. The van der Waals surface area contributed by atoms with Crippen molar-refractivity contribution in [2.24, 2.45) is 0 Å². The highest BCUT2D eigenvalue weighted by atomic mass is 32.2. The van der Waals surface area contributed by atoms with Gasteiger partial charge in [0.05, 0.1) is 0 Å². The van der Waals surface area contributed by atoms with Crippen molar-refractivity contribution in [3.63, 3.8) is 0 Å². The first-order chi connectivity index (χ1) is 8.02. The van der Waals surface area contributed by atoms with Gasteiger partial charge in [-0.25, -0.2) is 0 Å². The minimum absolute atomic E-state index is 0.336. The Kier molecular flexibility index (Phi) is 5.22. The lowest BCUT2D eigenvalue weighted by atomic mass is 10.2. The summed E-state index contributed by atoms with van der Waals surface area (Å²) in [6.45, 7) is 4.76. The van der Waals surface area contributed by atoms with Gasteiger partial charge in [-0.05, 0) is 17.7 Å². The highest BCUT2D eigenvalue weighted by Crippen LogP contribution is 2.23. The van der Waals surface area contributed by atoms with E-state index >= 15 is 0 Å². The third-order valence-corrected chi connectivity index (χ3v) is 3.21. The molecule has 3 nitrogen and oxygen atoms in total. The van der Waals surface area contributed by atoms with Crippen LogP contribution in [0, 0.1) is 0 Å². The molecular formula is C13H17NO2S. The van der Waals surface area contributed by atoms with E-state index in [1.165, 1.54) is 9.80 Å². The summed E-state index contributed by atoms with van der Waals surface area (Å²) in [5.74, 6) is -0.495. The number of likely N-dealkylation sites (N-methyl/N-ethyl adjacent to an activating group) is 1. The Morgan fingerprint density at radius 2 is 1.94 bits per heavy atom. The maximum absolute atomic E-state index is 11.1. The molecule has 0 N–H and O–H groups in total. The highest BCUT2D eigenvalue weighted by Gasteiger charge is 2.07. The van der Waals surface area contributed by atoms with E-state index in [0.717, 1.165) is 5.56 Å². The Bertz CT molecular complexity index is 387. The Morgan fingerprint density at radius 3 is 2.41 bits per heavy atom. The van der Waals surface area contributed by atoms with Crippen LogP contribution in [-0.4, -0.2) is 29.4 Å². The average molecular weight is 251 g/mol. The van der Waals surface area contributed by atoms with E-state index in [4.69, 9.17) is 0 Å². The topological polar surface area (TPSA) is 37.4 Å². The number of thioether (sulfide) groups is 1. The van der Waals surface area contributed by atoms with E-state index in [-0.39, 0.29) is 0 Å². The molecule has 92 valence electrons. The summed E-state index contributed by atoms with van der Waals surface area (Å²) in [5.41, 5.74) is 1.02. The van der Waals surface area contributed by atoms with Crippen molar-refractivity contribution in [2.75, 3.05) is 7.05 Å². The first kappa shape index (κ1) is 13.8. The average Bonchev–Trinajstić information content (AvgIpc) is 2.30. The second-order valence-corrected chi connectivity index (χ2v) is 5.77. The molecule has 0 atom stereocenters. The molecule has 1 aromatic carbocycles. The third kappa shape index (κ3) is 4.61. The molecular weight excluding hydrogens is 234 g/mol. The van der Waals surface area contributed by atoms with Crippen LogP contribution in [0.25, 0.3) is 0 Å². The number of hydrogen-bond donors (Lipinski definition) is 0. The van der Waals surface area contributed by atoms with Crippen molar-refractivity contribution >= 4 is 24.0 Å². The normalized spacial score (nSPS) is 10.4. The van der Waals surface area contributed by atoms with Gasteiger partial charge in [0.2, 0.25) is 6.29 Å². The lowest BCUT2D eigenvalue weighted by molar-refractivity contribution is -0.138. The van der Waals surface area contributed by atoms with Gasteiger partial charge in [0, 0.05) is 23.7 Å². The molecule has 1 amide bonds. The fourth-order valence-corrected chi connectivity index (χ4v) is 2.22. The summed E-state index contributed by atoms with van der Waals surface area (Å²) in [4.78, 5) is 24.0. The number of amides is 1. The zero-order valence-corrected chi connectivity index (χ0v) is 11.2. The van der Waals surface area contributed by atoms with Gasteiger partial charge in [-0.3, -0.25) is 9.59 Å². The predicted octanol–water partition coefficient (Wildman–Crippen LogP) is 2.34. The smallest absolute Gasteiger partial charge is 0.286 e. The predicted molar refractivity (Wildman–Crippen MR) is 70.0 cm³/mol. The lowest BCUT2D eigenvalue weighted by Gasteiger charge is -2.14. The fraction of sp³-hybridized carbons (Fsp3) is 0.385. The van der Waals surface area contributed by atoms with Gasteiger partial charge in [-0.2, -0.15) is 0 Å². The van der Waals surface area contributed by atoms with E-state index in [1.807, 2.05) is 24.3 Å². The first-order valence-corrected chi connectivity index (χ1v) is 6.36. The summed E-state index contributed by atoms with van der Waals surface area (Å²) in [6.07, 6.45) is 0.336. The molecule has 0 radical (unpaired) electrons. The van der Waals surface area contributed by atoms with Gasteiger partial charge in [0.1, 0.15) is 0 Å². The Balaban J connectivity index is 2.62. The molecule has 0 saturated heterocycles. The summed E-state index contributed by atoms with van der Waals surface area (Å²) in [7, 11) is 1.62. The molecule has 0 fully saturated rings. The number of hydrogen-bond acceptors (Lipinski definition) is 3. The molecule has 0 aliphatic carbocycles. The van der Waals surface area contributed by atoms with Crippen molar-refractivity contribution < 1.29 is 9.59 Å². The SMILES string of the molecule is CC(C)Sc1ccc(CN(C)C(=O)C=O)cc1. The van der Waals surface area contributed by atoms with Crippen molar-refractivity contribution in [1.82, 2.24) is 4.90 Å². The van der Waals surface area contributed by atoms with Crippen molar-refractivity contribution in [3.8, 4) is 0 Å². The number of nitrogens with zero attached hydrogens (tertiary/aromatic N) is 1. The second kappa shape index (κ2) is 6.45. The molecule has 1 aromatic rings. The van der Waals surface area contributed by atoms with Crippen molar-refractivity contribution in [3.05, 3.63) is 29.8 Å². The van der Waals surface area contributed by atoms with Gasteiger partial charge in [-0.15, -0.1) is 11.8 Å². The molecule has 0 bridgehead atoms. The van der Waals surface area contributed by atoms with Crippen LogP contribution >= 0.6 is 11.8 Å². The van der Waals surface area contributed by atoms with E-state index in [9.17, 15) is 9.59 Å². The molecule has 17 heavy (non-hydrogen) atoms. The van der Waals surface area contributed by atoms with E-state index in [2.05, 4.69) is 13.8 Å². The maximum atomic E-state index is 11.1. The molecule has 0 spiro atoms. The molecule has 0 saturated carbocycles. The lowest BCUT2D eigenvalue weighted by Crippen LogP contribution is -2.26. The number of carbonyl (C=O) groups is 2. The first-order valence-electron chi connectivity index (χ1n) is 5.48. The number of benzene rings is 1. The number of aldehydes is 1. The van der Waals surface area contributed by atoms with Crippen LogP contribution in [0.3, 0.4) is 0 Å². The van der Waals surface area contributed by atoms with Gasteiger partial charge in [0.25, 0.3) is 5.91 Å². The summed E-state index contributed by atoms with van der Waals surface area (Å²) in [5, 5.41) is 0.556. The molecule has 0 unspecified atom stereocenters. The van der Waals surface area contributed by atoms with Crippen LogP contribution in [0.15, 0.2) is 29.2 Å². The molecule has 1 rings (SSSR count). The maximum Gasteiger partial charge on any atom is 0.286 e. The third-order valence-electron chi connectivity index (χ3n) is 2.19. The van der Waals surface area contributed by atoms with E-state index < -0.39 is 5.91 Å². The minimum Gasteiger partial charge on any atom is -0.335 e. The van der Waals surface area contributed by atoms with Crippen LogP contribution in [0.4, 0.5) is 0 Å². The Labute approximate surface area is 106 Å². The van der Waals surface area contributed by atoms with Crippen LogP contribution in [0.1, 0.15) is 19.4 Å². The highest BCUT2D eigenvalue weighted by molar-refractivity contribution is 7.99. The summed E-state index contributed by atoms with van der Waals surface area (Å²) >= 11 is 1.80. The van der Waals surface area contributed by atoms with Crippen molar-refractivity contribution in [1.29, 1.82) is 0 Å². The van der Waals surface area contributed by atoms with E-state index in [0.29, 0.717) is 18.1 Å². The van der Waals surface area contributed by atoms with Gasteiger partial charge in [-0.1, -0.05) is 26.0 Å². The molecule has 0 aliphatic heterocycles. The molecule has 4 heteroatoms. The minimum atomic E-state index is -0.495. The van der Waals surface area contributed by atoms with Crippen LogP contribution in [0.5, 0.6) is 0 Å². The van der Waals surface area contributed by atoms with Gasteiger partial charge >= 0.3 is 0 Å². The summed E-state index contributed by atoms with van der Waals surface area (Å²) < 4.78 is 0. The van der Waals surface area contributed by atoms with Gasteiger partial charge in [0.15, 0.2) is 0 Å². The Hall–Kier alpha value is -1.29. The van der Waals surface area contributed by atoms with Crippen LogP contribution in [-0.2, 0) is 16.1 Å². The van der Waals surface area contributed by atoms with Crippen molar-refractivity contribution in [2.45, 2.75) is 30.5 Å². The standard InChI is InChI=1S/C13H17NO2S/c1-10(2)17-12-6-4-11(5-7-12)8-14(3)13(16)9-15/h4-7,9-10H,8H2,1-3H3. The number of carbonyl (C=O) groups excluding carboxylic acids is 2.